The van der Waals surface area contributed by atoms with Crippen molar-refractivity contribution in [2.24, 2.45) is 0 Å². The van der Waals surface area contributed by atoms with Gasteiger partial charge in [-0.1, -0.05) is 11.8 Å². The third-order valence-electron chi connectivity index (χ3n) is 2.13. The minimum atomic E-state index is -0.492. The maximum atomic E-state index is 9.75. The van der Waals surface area contributed by atoms with Crippen LogP contribution in [0, 0.1) is 6.92 Å². The van der Waals surface area contributed by atoms with Gasteiger partial charge in [-0.3, -0.25) is 0 Å². The standard InChI is InChI=1S/C12H15NO3S2/c1-9-7-17-12(13-9)18-8-10(14)5-15-6-11-3-2-4-16-11/h2-4,7,10,14H,5-6,8H2,1H3. The SMILES string of the molecule is Cc1csc(SCC(O)COCc2ccco2)n1. The summed E-state index contributed by atoms with van der Waals surface area (Å²) < 4.78 is 11.5. The van der Waals surface area contributed by atoms with Crippen LogP contribution >= 0.6 is 23.1 Å². The van der Waals surface area contributed by atoms with Gasteiger partial charge in [-0.2, -0.15) is 0 Å². The summed E-state index contributed by atoms with van der Waals surface area (Å²) in [5.74, 6) is 1.36. The molecule has 0 aromatic carbocycles. The van der Waals surface area contributed by atoms with Crippen LogP contribution in [0.4, 0.5) is 0 Å². The molecule has 0 saturated heterocycles. The highest BCUT2D eigenvalue weighted by Crippen LogP contribution is 2.22. The highest BCUT2D eigenvalue weighted by molar-refractivity contribution is 8.01. The summed E-state index contributed by atoms with van der Waals surface area (Å²) in [6.07, 6.45) is 1.12. The Morgan fingerprint density at radius 3 is 3.17 bits per heavy atom. The lowest BCUT2D eigenvalue weighted by atomic mass is 10.4. The molecule has 1 atom stereocenters. The number of hydrogen-bond acceptors (Lipinski definition) is 6. The molecule has 2 heterocycles. The fraction of sp³-hybridized carbons (Fsp3) is 0.417. The van der Waals surface area contributed by atoms with Gasteiger partial charge in [0.05, 0.1) is 19.0 Å². The fourth-order valence-corrected chi connectivity index (χ4v) is 3.09. The Bertz CT molecular complexity index is 456. The summed E-state index contributed by atoms with van der Waals surface area (Å²) in [6.45, 7) is 2.66. The average Bonchev–Trinajstić information content (AvgIpc) is 2.98. The van der Waals surface area contributed by atoms with E-state index < -0.39 is 6.10 Å². The zero-order chi connectivity index (χ0) is 12.8. The topological polar surface area (TPSA) is 55.5 Å². The van der Waals surface area contributed by atoms with E-state index in [1.807, 2.05) is 24.4 Å². The Kier molecular flexibility index (Phi) is 5.25. The van der Waals surface area contributed by atoms with Crippen molar-refractivity contribution >= 4 is 23.1 Å². The van der Waals surface area contributed by atoms with Crippen molar-refractivity contribution in [2.45, 2.75) is 24.0 Å². The van der Waals surface area contributed by atoms with Gasteiger partial charge < -0.3 is 14.3 Å². The first kappa shape index (κ1) is 13.6. The molecule has 0 amide bonds. The molecule has 2 aromatic heterocycles. The van der Waals surface area contributed by atoms with Gasteiger partial charge in [0.2, 0.25) is 0 Å². The van der Waals surface area contributed by atoms with E-state index in [0.29, 0.717) is 19.0 Å². The molecule has 0 aliphatic rings. The number of nitrogens with zero attached hydrogens (tertiary/aromatic N) is 1. The number of hydrogen-bond donors (Lipinski definition) is 1. The molecule has 1 N–H and O–H groups in total. The molecule has 0 aliphatic carbocycles. The molecule has 0 fully saturated rings. The lowest BCUT2D eigenvalue weighted by molar-refractivity contribution is 0.0328. The summed E-state index contributed by atoms with van der Waals surface area (Å²) in [4.78, 5) is 4.32. The van der Waals surface area contributed by atoms with E-state index in [-0.39, 0.29) is 0 Å². The first-order valence-corrected chi connectivity index (χ1v) is 7.43. The number of furan rings is 1. The van der Waals surface area contributed by atoms with Crippen LogP contribution in [0.25, 0.3) is 0 Å². The van der Waals surface area contributed by atoms with Crippen molar-refractivity contribution in [1.29, 1.82) is 0 Å². The normalized spacial score (nSPS) is 12.8. The third kappa shape index (κ3) is 4.45. The minimum Gasteiger partial charge on any atom is -0.467 e. The summed E-state index contributed by atoms with van der Waals surface area (Å²) in [6, 6.07) is 3.66. The van der Waals surface area contributed by atoms with Crippen molar-refractivity contribution in [2.75, 3.05) is 12.4 Å². The number of aliphatic hydroxyl groups excluding tert-OH is 1. The first-order chi connectivity index (χ1) is 8.74. The Labute approximate surface area is 114 Å². The lowest BCUT2D eigenvalue weighted by Crippen LogP contribution is -2.17. The van der Waals surface area contributed by atoms with E-state index in [1.165, 1.54) is 0 Å². The maximum absolute atomic E-state index is 9.75. The second-order valence-corrected chi connectivity index (χ2v) is 5.94. The number of aromatic nitrogens is 1. The molecule has 6 heteroatoms. The van der Waals surface area contributed by atoms with Gasteiger partial charge in [0.1, 0.15) is 16.7 Å². The molecule has 1 unspecified atom stereocenters. The van der Waals surface area contributed by atoms with Gasteiger partial charge in [-0.25, -0.2) is 4.98 Å². The zero-order valence-electron chi connectivity index (χ0n) is 10.0. The molecule has 98 valence electrons. The summed E-state index contributed by atoms with van der Waals surface area (Å²) >= 11 is 3.15. The predicted molar refractivity (Wildman–Crippen MR) is 71.9 cm³/mol. The second kappa shape index (κ2) is 6.94. The molecule has 4 nitrogen and oxygen atoms in total. The van der Waals surface area contributed by atoms with E-state index in [4.69, 9.17) is 9.15 Å². The summed E-state index contributed by atoms with van der Waals surface area (Å²) in [5.41, 5.74) is 1.02. The Morgan fingerprint density at radius 2 is 2.50 bits per heavy atom. The van der Waals surface area contributed by atoms with Crippen LogP contribution < -0.4 is 0 Å². The van der Waals surface area contributed by atoms with Crippen molar-refractivity contribution in [3.05, 3.63) is 35.2 Å². The first-order valence-electron chi connectivity index (χ1n) is 5.57. The third-order valence-corrected chi connectivity index (χ3v) is 4.42. The van der Waals surface area contributed by atoms with Crippen molar-refractivity contribution in [3.8, 4) is 0 Å². The molecule has 0 bridgehead atoms. The molecule has 0 saturated carbocycles. The van der Waals surface area contributed by atoms with Crippen molar-refractivity contribution in [3.63, 3.8) is 0 Å². The van der Waals surface area contributed by atoms with Crippen LogP contribution in [0.1, 0.15) is 11.5 Å². The van der Waals surface area contributed by atoms with Crippen LogP contribution in [0.5, 0.6) is 0 Å². The molecule has 0 spiro atoms. The van der Waals surface area contributed by atoms with Gasteiger partial charge in [0, 0.05) is 16.8 Å². The van der Waals surface area contributed by atoms with E-state index in [9.17, 15) is 5.11 Å². The van der Waals surface area contributed by atoms with Gasteiger partial charge in [0.25, 0.3) is 0 Å². The quantitative estimate of drug-likeness (QED) is 0.793. The fourth-order valence-electron chi connectivity index (χ4n) is 1.30. The number of aryl methyl sites for hydroxylation is 1. The van der Waals surface area contributed by atoms with Crippen molar-refractivity contribution < 1.29 is 14.3 Å². The molecule has 0 aliphatic heterocycles. The van der Waals surface area contributed by atoms with E-state index in [1.54, 1.807) is 29.4 Å². The molecule has 2 rings (SSSR count). The van der Waals surface area contributed by atoms with Gasteiger partial charge in [-0.05, 0) is 19.1 Å². The maximum Gasteiger partial charge on any atom is 0.150 e. The summed E-state index contributed by atoms with van der Waals surface area (Å²) in [7, 11) is 0. The lowest BCUT2D eigenvalue weighted by Gasteiger charge is -2.09. The van der Waals surface area contributed by atoms with Crippen molar-refractivity contribution in [1.82, 2.24) is 4.98 Å². The van der Waals surface area contributed by atoms with Crippen LogP contribution in [0.3, 0.4) is 0 Å². The Hall–Kier alpha value is -0.820. The van der Waals surface area contributed by atoms with E-state index >= 15 is 0 Å². The van der Waals surface area contributed by atoms with E-state index in [2.05, 4.69) is 4.98 Å². The average molecular weight is 285 g/mol. The second-order valence-electron chi connectivity index (χ2n) is 3.81. The van der Waals surface area contributed by atoms with Gasteiger partial charge in [-0.15, -0.1) is 11.3 Å². The number of thiazole rings is 1. The molecule has 0 radical (unpaired) electrons. The summed E-state index contributed by atoms with van der Waals surface area (Å²) in [5, 5.41) is 11.7. The van der Waals surface area contributed by atoms with Crippen LogP contribution in [0.2, 0.25) is 0 Å². The van der Waals surface area contributed by atoms with Gasteiger partial charge in [0.15, 0.2) is 0 Å². The number of aliphatic hydroxyl groups is 1. The smallest absolute Gasteiger partial charge is 0.150 e. The minimum absolute atomic E-state index is 0.304. The Morgan fingerprint density at radius 1 is 1.61 bits per heavy atom. The largest absolute Gasteiger partial charge is 0.467 e. The molecule has 2 aromatic rings. The number of thioether (sulfide) groups is 1. The highest BCUT2D eigenvalue weighted by atomic mass is 32.2. The van der Waals surface area contributed by atoms with E-state index in [0.717, 1.165) is 15.8 Å². The van der Waals surface area contributed by atoms with Crippen LogP contribution in [0.15, 0.2) is 32.5 Å². The molecular weight excluding hydrogens is 270 g/mol. The van der Waals surface area contributed by atoms with Gasteiger partial charge >= 0.3 is 0 Å². The van der Waals surface area contributed by atoms with Crippen LogP contribution in [-0.4, -0.2) is 28.6 Å². The molecule has 18 heavy (non-hydrogen) atoms. The number of rotatable bonds is 7. The predicted octanol–water partition coefficient (Wildman–Crippen LogP) is 2.71. The number of ether oxygens (including phenoxy) is 1. The highest BCUT2D eigenvalue weighted by Gasteiger charge is 2.08. The monoisotopic (exact) mass is 285 g/mol. The Balaban J connectivity index is 1.61. The van der Waals surface area contributed by atoms with Crippen LogP contribution in [-0.2, 0) is 11.3 Å². The molecular formula is C12H15NO3S2. The zero-order valence-corrected chi connectivity index (χ0v) is 11.7.